The number of aliphatic hydroxyl groups is 4. The van der Waals surface area contributed by atoms with Crippen molar-refractivity contribution in [1.82, 2.24) is 0 Å². The van der Waals surface area contributed by atoms with Crippen LogP contribution in [0.4, 0.5) is 0 Å². The average Bonchev–Trinajstić information content (AvgIpc) is 2.70. The van der Waals surface area contributed by atoms with Crippen molar-refractivity contribution in [2.75, 3.05) is 40.1 Å². The Kier molecular flexibility index (Phi) is 9.23. The molecule has 10 heteroatoms. The van der Waals surface area contributed by atoms with Crippen LogP contribution in [0.2, 0.25) is 0 Å². The van der Waals surface area contributed by atoms with Crippen LogP contribution in [0, 0.1) is 11.8 Å². The highest BCUT2D eigenvalue weighted by molar-refractivity contribution is 5.02. The largest absolute Gasteiger partial charge is 0.394 e. The molecule has 2 rings (SSSR count). The molecule has 0 aromatic rings. The van der Waals surface area contributed by atoms with Gasteiger partial charge in [-0.15, -0.1) is 0 Å². The number of methoxy groups -OCH3 is 1. The molecular formula is C19H38N2O8. The second-order valence-corrected chi connectivity index (χ2v) is 8.34. The van der Waals surface area contributed by atoms with Crippen molar-refractivity contribution >= 4 is 0 Å². The summed E-state index contributed by atoms with van der Waals surface area (Å²) in [6.45, 7) is 3.43. The molecule has 4 unspecified atom stereocenters. The summed E-state index contributed by atoms with van der Waals surface area (Å²) in [4.78, 5) is 0. The smallest absolute Gasteiger partial charge is 0.107 e. The topological polar surface area (TPSA) is 170 Å². The summed E-state index contributed by atoms with van der Waals surface area (Å²) < 4.78 is 22.7. The summed E-state index contributed by atoms with van der Waals surface area (Å²) in [5.41, 5.74) is 11.4. The monoisotopic (exact) mass is 422 g/mol. The van der Waals surface area contributed by atoms with E-state index >= 15 is 0 Å². The van der Waals surface area contributed by atoms with Gasteiger partial charge in [0.25, 0.3) is 0 Å². The van der Waals surface area contributed by atoms with Gasteiger partial charge in [0.2, 0.25) is 0 Å². The summed E-state index contributed by atoms with van der Waals surface area (Å²) in [6.07, 6.45) is -2.94. The van der Waals surface area contributed by atoms with Crippen molar-refractivity contribution < 1.29 is 39.4 Å². The second kappa shape index (κ2) is 10.8. The minimum absolute atomic E-state index is 0.0623. The van der Waals surface area contributed by atoms with Crippen molar-refractivity contribution in [3.8, 4) is 0 Å². The fraction of sp³-hybridized carbons (Fsp3) is 1.00. The number of hydrogen-bond acceptors (Lipinski definition) is 10. The predicted molar refractivity (Wildman–Crippen MR) is 104 cm³/mol. The molecule has 0 radical (unpaired) electrons. The van der Waals surface area contributed by atoms with Crippen molar-refractivity contribution in [3.63, 3.8) is 0 Å². The first kappa shape index (κ1) is 24.9. The van der Waals surface area contributed by atoms with E-state index in [0.29, 0.717) is 6.42 Å². The number of nitrogens with two attached hydrogens (primary N) is 2. The zero-order valence-electron chi connectivity index (χ0n) is 17.5. The molecule has 2 saturated heterocycles. The zero-order chi connectivity index (χ0) is 21.8. The molecule has 172 valence electrons. The number of ether oxygens (including phenoxy) is 4. The maximum Gasteiger partial charge on any atom is 0.107 e. The summed E-state index contributed by atoms with van der Waals surface area (Å²) in [5.74, 6) is -0.795. The highest BCUT2D eigenvalue weighted by Crippen LogP contribution is 2.33. The van der Waals surface area contributed by atoms with Gasteiger partial charge >= 0.3 is 0 Å². The Morgan fingerprint density at radius 3 is 2.17 bits per heavy atom. The van der Waals surface area contributed by atoms with Crippen LogP contribution in [-0.2, 0) is 18.9 Å². The Labute approximate surface area is 172 Å². The van der Waals surface area contributed by atoms with E-state index in [0.717, 1.165) is 0 Å². The van der Waals surface area contributed by atoms with Gasteiger partial charge in [0, 0.05) is 18.9 Å². The highest BCUT2D eigenvalue weighted by atomic mass is 16.6. The first-order chi connectivity index (χ1) is 13.7. The van der Waals surface area contributed by atoms with E-state index in [-0.39, 0.29) is 39.0 Å². The molecule has 0 spiro atoms. The van der Waals surface area contributed by atoms with E-state index in [1.165, 1.54) is 7.11 Å². The molecule has 0 aliphatic carbocycles. The van der Waals surface area contributed by atoms with Gasteiger partial charge in [0.15, 0.2) is 0 Å². The molecule has 0 aromatic heterocycles. The fourth-order valence-corrected chi connectivity index (χ4v) is 4.45. The van der Waals surface area contributed by atoms with Crippen LogP contribution in [0.5, 0.6) is 0 Å². The lowest BCUT2D eigenvalue weighted by atomic mass is 9.80. The van der Waals surface area contributed by atoms with Gasteiger partial charge in [-0.25, -0.2) is 0 Å². The third kappa shape index (κ3) is 5.27. The third-order valence-corrected chi connectivity index (χ3v) is 6.35. The van der Waals surface area contributed by atoms with Crippen LogP contribution < -0.4 is 11.5 Å². The molecular weight excluding hydrogens is 384 g/mol. The molecule has 10 nitrogen and oxygen atoms in total. The molecule has 8 N–H and O–H groups in total. The second-order valence-electron chi connectivity index (χ2n) is 8.34. The van der Waals surface area contributed by atoms with E-state index in [2.05, 4.69) is 0 Å². The van der Waals surface area contributed by atoms with Gasteiger partial charge in [0.1, 0.15) is 5.60 Å². The van der Waals surface area contributed by atoms with Crippen LogP contribution in [0.15, 0.2) is 0 Å². The fourth-order valence-electron chi connectivity index (χ4n) is 4.45. The first-order valence-electron chi connectivity index (χ1n) is 10.2. The van der Waals surface area contributed by atoms with E-state index < -0.39 is 54.1 Å². The summed E-state index contributed by atoms with van der Waals surface area (Å²) in [5, 5.41) is 40.4. The Morgan fingerprint density at radius 1 is 0.966 bits per heavy atom. The van der Waals surface area contributed by atoms with Crippen molar-refractivity contribution in [2.45, 2.75) is 68.5 Å². The Bertz CT molecular complexity index is 497. The zero-order valence-corrected chi connectivity index (χ0v) is 17.5. The van der Waals surface area contributed by atoms with Crippen LogP contribution in [0.3, 0.4) is 0 Å². The molecule has 10 atom stereocenters. The van der Waals surface area contributed by atoms with Gasteiger partial charge < -0.3 is 50.8 Å². The van der Waals surface area contributed by atoms with Crippen LogP contribution in [0.25, 0.3) is 0 Å². The lowest BCUT2D eigenvalue weighted by Crippen LogP contribution is -2.67. The molecule has 2 heterocycles. The lowest BCUT2D eigenvalue weighted by Gasteiger charge is -2.49. The van der Waals surface area contributed by atoms with Gasteiger partial charge in [-0.2, -0.15) is 0 Å². The average molecular weight is 423 g/mol. The quantitative estimate of drug-likeness (QED) is 0.235. The number of rotatable bonds is 9. The Morgan fingerprint density at radius 2 is 1.62 bits per heavy atom. The number of hydrogen-bond donors (Lipinski definition) is 6. The van der Waals surface area contributed by atoms with E-state index in [1.54, 1.807) is 6.92 Å². The minimum Gasteiger partial charge on any atom is -0.394 e. The lowest BCUT2D eigenvalue weighted by molar-refractivity contribution is -0.233. The molecule has 0 aromatic carbocycles. The maximum absolute atomic E-state index is 10.7. The van der Waals surface area contributed by atoms with Crippen molar-refractivity contribution in [2.24, 2.45) is 23.3 Å². The first-order valence-corrected chi connectivity index (χ1v) is 10.2. The SMILES string of the molecule is CC[C@@H]1C(CO)O[C@@H](COC[C@@H]2C(CO)O[C@@](C)(COC)C(N)[C@@H]2O)C(N)[C@@H]1O. The predicted octanol–water partition coefficient (Wildman–Crippen LogP) is -2.42. The molecule has 0 bridgehead atoms. The van der Waals surface area contributed by atoms with Crippen LogP contribution >= 0.6 is 0 Å². The molecule has 2 aliphatic heterocycles. The summed E-state index contributed by atoms with van der Waals surface area (Å²) in [6, 6.07) is -1.38. The molecule has 2 aliphatic rings. The van der Waals surface area contributed by atoms with Gasteiger partial charge in [0.05, 0.1) is 75.6 Å². The van der Waals surface area contributed by atoms with E-state index in [1.807, 2.05) is 6.92 Å². The number of aliphatic hydroxyl groups excluding tert-OH is 4. The molecule has 0 amide bonds. The van der Waals surface area contributed by atoms with Crippen LogP contribution in [0.1, 0.15) is 20.3 Å². The van der Waals surface area contributed by atoms with Gasteiger partial charge in [-0.05, 0) is 13.3 Å². The van der Waals surface area contributed by atoms with E-state index in [4.69, 9.17) is 30.4 Å². The maximum atomic E-state index is 10.7. The summed E-state index contributed by atoms with van der Waals surface area (Å²) >= 11 is 0. The Hall–Kier alpha value is -0.400. The standard InChI is InChI=1S/C19H38N2O8/c1-4-10-12(5-22)28-14(15(20)16(10)24)8-27-7-11-13(6-23)29-19(2,9-26-3)18(21)17(11)25/h10-18,22-25H,4-9,20-21H2,1-3H3/t10-,11-,12?,13?,14+,15?,16-,17-,18?,19+/m1/s1. The van der Waals surface area contributed by atoms with Gasteiger partial charge in [-0.1, -0.05) is 6.92 Å². The molecule has 0 saturated carbocycles. The third-order valence-electron chi connectivity index (χ3n) is 6.35. The minimum atomic E-state index is -0.970. The van der Waals surface area contributed by atoms with Gasteiger partial charge in [-0.3, -0.25) is 0 Å². The molecule has 29 heavy (non-hydrogen) atoms. The van der Waals surface area contributed by atoms with Crippen LogP contribution in [-0.4, -0.2) is 109 Å². The Balaban J connectivity index is 1.96. The highest BCUT2D eigenvalue weighted by Gasteiger charge is 2.50. The summed E-state index contributed by atoms with van der Waals surface area (Å²) in [7, 11) is 1.52. The normalized spacial score (nSPS) is 46.0. The van der Waals surface area contributed by atoms with Crippen molar-refractivity contribution in [1.29, 1.82) is 0 Å². The van der Waals surface area contributed by atoms with Crippen molar-refractivity contribution in [3.05, 3.63) is 0 Å². The van der Waals surface area contributed by atoms with E-state index in [9.17, 15) is 20.4 Å². The molecule has 2 fully saturated rings.